The van der Waals surface area contributed by atoms with E-state index in [-0.39, 0.29) is 0 Å². The Hall–Kier alpha value is -1.07. The molecule has 0 aromatic heterocycles. The van der Waals surface area contributed by atoms with Crippen molar-refractivity contribution in [3.05, 3.63) is 18.2 Å². The number of thioether (sulfide) groups is 1. The van der Waals surface area contributed by atoms with Crippen molar-refractivity contribution in [1.29, 1.82) is 0 Å². The molecule has 1 rings (SSSR count). The second kappa shape index (κ2) is 7.50. The van der Waals surface area contributed by atoms with Crippen molar-refractivity contribution in [1.82, 2.24) is 0 Å². The zero-order valence-corrected chi connectivity index (χ0v) is 12.7. The molecule has 0 fully saturated rings. The fourth-order valence-corrected chi connectivity index (χ4v) is 2.41. The van der Waals surface area contributed by atoms with E-state index in [0.29, 0.717) is 30.3 Å². The van der Waals surface area contributed by atoms with E-state index in [1.54, 1.807) is 11.8 Å². The number of benzene rings is 1. The first kappa shape index (κ1) is 16.0. The number of rotatable bonds is 8. The fraction of sp³-hybridized carbons (Fsp3) is 0.571. The molecule has 5 heteroatoms. The van der Waals surface area contributed by atoms with Gasteiger partial charge in [0.05, 0.1) is 23.6 Å². The normalized spacial score (nSPS) is 13.9. The first-order valence-corrected chi connectivity index (χ1v) is 7.86. The Balaban J connectivity index is 2.68. The molecule has 0 saturated heterocycles. The summed E-state index contributed by atoms with van der Waals surface area (Å²) in [5.41, 5.74) is 6.69. The average molecular weight is 284 g/mol. The van der Waals surface area contributed by atoms with Crippen molar-refractivity contribution in [3.8, 4) is 5.75 Å². The molecule has 0 spiro atoms. The molecule has 0 aliphatic carbocycles. The Bertz CT molecular complexity index is 397. The van der Waals surface area contributed by atoms with E-state index >= 15 is 0 Å². The molecule has 4 nitrogen and oxygen atoms in total. The maximum Gasteiger partial charge on any atom is 0.144 e. The lowest BCUT2D eigenvalue weighted by molar-refractivity contribution is 0.0997. The predicted molar refractivity (Wildman–Crippen MR) is 84.1 cm³/mol. The number of aliphatic hydroxyl groups is 1. The minimum absolute atomic E-state index is 0.454. The van der Waals surface area contributed by atoms with E-state index in [2.05, 4.69) is 12.2 Å². The van der Waals surface area contributed by atoms with Crippen molar-refractivity contribution < 1.29 is 9.84 Å². The third-order valence-corrected chi connectivity index (χ3v) is 3.55. The molecule has 0 saturated carbocycles. The molecule has 0 aliphatic rings. The Morgan fingerprint density at radius 1 is 1.47 bits per heavy atom. The van der Waals surface area contributed by atoms with Gasteiger partial charge >= 0.3 is 0 Å². The van der Waals surface area contributed by atoms with E-state index in [9.17, 15) is 5.11 Å². The minimum atomic E-state index is -0.758. The van der Waals surface area contributed by atoms with Crippen LogP contribution < -0.4 is 15.8 Å². The predicted octanol–water partition coefficient (Wildman–Crippen LogP) is 2.58. The van der Waals surface area contributed by atoms with Gasteiger partial charge in [-0.25, -0.2) is 0 Å². The highest BCUT2D eigenvalue weighted by molar-refractivity contribution is 7.98. The Morgan fingerprint density at radius 3 is 2.84 bits per heavy atom. The zero-order chi connectivity index (χ0) is 14.3. The van der Waals surface area contributed by atoms with Gasteiger partial charge in [-0.05, 0) is 31.7 Å². The number of ether oxygens (including phenoxy) is 1. The van der Waals surface area contributed by atoms with Crippen LogP contribution in [0.4, 0.5) is 11.4 Å². The van der Waals surface area contributed by atoms with Crippen LogP contribution in [0, 0.1) is 0 Å². The van der Waals surface area contributed by atoms with Crippen LogP contribution in [0.25, 0.3) is 0 Å². The Morgan fingerprint density at radius 2 is 2.21 bits per heavy atom. The second-order valence-corrected chi connectivity index (χ2v) is 5.72. The van der Waals surface area contributed by atoms with Crippen molar-refractivity contribution >= 4 is 23.1 Å². The smallest absolute Gasteiger partial charge is 0.144 e. The van der Waals surface area contributed by atoms with Gasteiger partial charge in [-0.15, -0.1) is 0 Å². The molecule has 0 radical (unpaired) electrons. The van der Waals surface area contributed by atoms with Gasteiger partial charge in [-0.2, -0.15) is 11.8 Å². The van der Waals surface area contributed by atoms with Gasteiger partial charge in [0.2, 0.25) is 0 Å². The summed E-state index contributed by atoms with van der Waals surface area (Å²) >= 11 is 1.62. The van der Waals surface area contributed by atoms with Gasteiger partial charge in [0, 0.05) is 12.3 Å². The highest BCUT2D eigenvalue weighted by atomic mass is 32.2. The topological polar surface area (TPSA) is 67.5 Å². The number of nitrogen functional groups attached to an aromatic ring is 1. The van der Waals surface area contributed by atoms with Gasteiger partial charge in [0.15, 0.2) is 0 Å². The molecule has 1 unspecified atom stereocenters. The van der Waals surface area contributed by atoms with E-state index < -0.39 is 5.60 Å². The Kier molecular flexibility index (Phi) is 6.31. The molecule has 4 N–H and O–H groups in total. The summed E-state index contributed by atoms with van der Waals surface area (Å²) in [7, 11) is 0. The van der Waals surface area contributed by atoms with Crippen molar-refractivity contribution in [3.63, 3.8) is 0 Å². The third-order valence-electron chi connectivity index (χ3n) is 2.64. The first-order chi connectivity index (χ1) is 9.00. The van der Waals surface area contributed by atoms with Crippen LogP contribution in [0.15, 0.2) is 18.2 Å². The van der Waals surface area contributed by atoms with E-state index in [0.717, 1.165) is 12.1 Å². The lowest BCUT2D eigenvalue weighted by atomic mass is 10.1. The van der Waals surface area contributed by atoms with Crippen molar-refractivity contribution in [2.24, 2.45) is 0 Å². The third kappa shape index (κ3) is 5.20. The van der Waals surface area contributed by atoms with Gasteiger partial charge in [0.25, 0.3) is 0 Å². The highest BCUT2D eigenvalue weighted by Gasteiger charge is 2.19. The number of hydrogen-bond donors (Lipinski definition) is 3. The largest absolute Gasteiger partial charge is 0.491 e. The maximum absolute atomic E-state index is 10.1. The number of nitrogens with two attached hydrogens (primary N) is 1. The summed E-state index contributed by atoms with van der Waals surface area (Å²) in [6.45, 7) is 4.97. The molecule has 0 bridgehead atoms. The zero-order valence-electron chi connectivity index (χ0n) is 11.9. The van der Waals surface area contributed by atoms with Gasteiger partial charge in [-0.3, -0.25) is 0 Å². The molecule has 1 aromatic rings. The van der Waals surface area contributed by atoms with E-state index in [1.807, 2.05) is 31.4 Å². The van der Waals surface area contributed by atoms with Crippen molar-refractivity contribution in [2.75, 3.05) is 36.2 Å². The fourth-order valence-electron chi connectivity index (χ4n) is 1.68. The molecule has 1 atom stereocenters. The monoisotopic (exact) mass is 284 g/mol. The maximum atomic E-state index is 10.1. The average Bonchev–Trinajstić information content (AvgIpc) is 2.36. The summed E-state index contributed by atoms with van der Waals surface area (Å²) in [6.07, 6.45) is 2.92. The second-order valence-electron chi connectivity index (χ2n) is 4.85. The van der Waals surface area contributed by atoms with Crippen LogP contribution in [0.3, 0.4) is 0 Å². The van der Waals surface area contributed by atoms with Crippen LogP contribution in [-0.4, -0.2) is 35.9 Å². The molecule has 108 valence electrons. The number of hydrogen-bond acceptors (Lipinski definition) is 5. The van der Waals surface area contributed by atoms with Crippen LogP contribution in [0.1, 0.15) is 20.3 Å². The summed E-state index contributed by atoms with van der Waals surface area (Å²) in [4.78, 5) is 0. The van der Waals surface area contributed by atoms with Gasteiger partial charge in [-0.1, -0.05) is 13.0 Å². The summed E-state index contributed by atoms with van der Waals surface area (Å²) in [6, 6.07) is 5.65. The lowest BCUT2D eigenvalue weighted by Crippen LogP contribution is -2.36. The van der Waals surface area contributed by atoms with Crippen LogP contribution in [0.2, 0.25) is 0 Å². The van der Waals surface area contributed by atoms with Crippen LogP contribution in [0.5, 0.6) is 5.75 Å². The van der Waals surface area contributed by atoms with E-state index in [4.69, 9.17) is 10.5 Å². The van der Waals surface area contributed by atoms with Crippen molar-refractivity contribution in [2.45, 2.75) is 25.9 Å². The van der Waals surface area contributed by atoms with Gasteiger partial charge < -0.3 is 20.9 Å². The lowest BCUT2D eigenvalue weighted by Gasteiger charge is -2.24. The Labute approximate surface area is 119 Å². The number of para-hydroxylation sites is 1. The summed E-state index contributed by atoms with van der Waals surface area (Å²) in [5.74, 6) is 1.36. The van der Waals surface area contributed by atoms with E-state index in [1.165, 1.54) is 0 Å². The molecule has 0 aliphatic heterocycles. The van der Waals surface area contributed by atoms with Gasteiger partial charge in [0.1, 0.15) is 5.75 Å². The summed E-state index contributed by atoms with van der Waals surface area (Å²) < 4.78 is 5.57. The molecule has 1 aromatic carbocycles. The molecular formula is C14H24N2O2S. The molecule has 0 amide bonds. The number of nitrogens with one attached hydrogen (secondary N) is 1. The van der Waals surface area contributed by atoms with Crippen LogP contribution in [-0.2, 0) is 0 Å². The quantitative estimate of drug-likeness (QED) is 0.640. The first-order valence-electron chi connectivity index (χ1n) is 6.46. The van der Waals surface area contributed by atoms with Crippen LogP contribution >= 0.6 is 11.8 Å². The SMILES string of the molecule is CCCOc1cccc(NCC(C)(O)CSC)c1N. The molecular weight excluding hydrogens is 260 g/mol. The number of anilines is 2. The highest BCUT2D eigenvalue weighted by Crippen LogP contribution is 2.29. The molecule has 19 heavy (non-hydrogen) atoms. The summed E-state index contributed by atoms with van der Waals surface area (Å²) in [5, 5.41) is 13.3. The molecule has 0 heterocycles. The standard InChI is InChI=1S/C14H24N2O2S/c1-4-8-18-12-7-5-6-11(13(12)15)16-9-14(2,17)10-19-3/h5-7,16-17H,4,8-10,15H2,1-3H3. The minimum Gasteiger partial charge on any atom is -0.491 e.